The van der Waals surface area contributed by atoms with Gasteiger partial charge in [-0.05, 0) is 13.3 Å². The Labute approximate surface area is 85.1 Å². The van der Waals surface area contributed by atoms with Gasteiger partial charge in [0.1, 0.15) is 0 Å². The first-order chi connectivity index (χ1) is 6.70. The maximum atomic E-state index is 11.1. The normalized spacial score (nSPS) is 12.5. The maximum Gasteiger partial charge on any atom is 0.257 e. The van der Waals surface area contributed by atoms with Crippen molar-refractivity contribution in [3.05, 3.63) is 0 Å². The van der Waals surface area contributed by atoms with Crippen molar-refractivity contribution in [3.63, 3.8) is 0 Å². The first kappa shape index (κ1) is 13.4. The Morgan fingerprint density at radius 2 is 2.14 bits per heavy atom. The molecule has 1 atom stereocenters. The van der Waals surface area contributed by atoms with Crippen LogP contribution in [0.3, 0.4) is 0 Å². The van der Waals surface area contributed by atoms with Crippen LogP contribution in [0.25, 0.3) is 0 Å². The number of nitrogens with one attached hydrogen (secondary N) is 2. The summed E-state index contributed by atoms with van der Waals surface area (Å²) in [7, 11) is 1.58. The summed E-state index contributed by atoms with van der Waals surface area (Å²) in [6, 6.07) is 0.347. The highest BCUT2D eigenvalue weighted by Crippen LogP contribution is 1.85. The standard InChI is InChI=1S/C9H20N2O3/c1-4-8(2)10-7-9(12)11-14-6-5-13-3/h8,10H,4-7H2,1-3H3,(H,11,12). The van der Waals surface area contributed by atoms with Gasteiger partial charge in [-0.2, -0.15) is 0 Å². The van der Waals surface area contributed by atoms with Gasteiger partial charge in [0.25, 0.3) is 5.91 Å². The average molecular weight is 204 g/mol. The zero-order valence-corrected chi connectivity index (χ0v) is 9.13. The van der Waals surface area contributed by atoms with Crippen LogP contribution >= 0.6 is 0 Å². The number of hydroxylamine groups is 1. The van der Waals surface area contributed by atoms with Crippen molar-refractivity contribution < 1.29 is 14.4 Å². The summed E-state index contributed by atoms with van der Waals surface area (Å²) in [4.78, 5) is 15.9. The molecule has 0 saturated heterocycles. The molecule has 0 rings (SSSR count). The summed E-state index contributed by atoms with van der Waals surface area (Å²) >= 11 is 0. The van der Waals surface area contributed by atoms with Crippen molar-refractivity contribution in [1.29, 1.82) is 0 Å². The second kappa shape index (κ2) is 8.93. The molecule has 5 nitrogen and oxygen atoms in total. The van der Waals surface area contributed by atoms with Crippen molar-refractivity contribution in [1.82, 2.24) is 10.8 Å². The summed E-state index contributed by atoms with van der Waals surface area (Å²) in [5.74, 6) is -0.165. The van der Waals surface area contributed by atoms with E-state index >= 15 is 0 Å². The van der Waals surface area contributed by atoms with Crippen LogP contribution in [-0.4, -0.2) is 38.8 Å². The molecule has 5 heteroatoms. The number of ether oxygens (including phenoxy) is 1. The van der Waals surface area contributed by atoms with Crippen LogP contribution in [0.1, 0.15) is 20.3 Å². The zero-order chi connectivity index (χ0) is 10.8. The Kier molecular flexibility index (Phi) is 8.51. The highest BCUT2D eigenvalue weighted by atomic mass is 16.7. The molecule has 0 bridgehead atoms. The molecule has 0 aliphatic carbocycles. The Balaban J connectivity index is 3.28. The van der Waals surface area contributed by atoms with Gasteiger partial charge in [-0.3, -0.25) is 9.63 Å². The first-order valence-corrected chi connectivity index (χ1v) is 4.83. The van der Waals surface area contributed by atoms with E-state index in [9.17, 15) is 4.79 Å². The molecule has 1 unspecified atom stereocenters. The monoisotopic (exact) mass is 204 g/mol. The van der Waals surface area contributed by atoms with Crippen molar-refractivity contribution in [2.75, 3.05) is 26.9 Å². The number of hydrogen-bond acceptors (Lipinski definition) is 4. The van der Waals surface area contributed by atoms with Gasteiger partial charge in [-0.1, -0.05) is 6.92 Å². The summed E-state index contributed by atoms with van der Waals surface area (Å²) in [5.41, 5.74) is 2.32. The maximum absolute atomic E-state index is 11.1. The molecule has 0 spiro atoms. The molecule has 0 heterocycles. The minimum absolute atomic E-state index is 0.165. The minimum Gasteiger partial charge on any atom is -0.382 e. The van der Waals surface area contributed by atoms with Gasteiger partial charge >= 0.3 is 0 Å². The number of methoxy groups -OCH3 is 1. The van der Waals surface area contributed by atoms with E-state index in [0.29, 0.717) is 19.3 Å². The van der Waals surface area contributed by atoms with Gasteiger partial charge < -0.3 is 10.1 Å². The molecule has 0 aromatic heterocycles. The van der Waals surface area contributed by atoms with Gasteiger partial charge in [0, 0.05) is 13.2 Å². The number of carbonyl (C=O) groups excluding carboxylic acids is 1. The molecule has 1 amide bonds. The van der Waals surface area contributed by atoms with E-state index in [1.165, 1.54) is 0 Å². The lowest BCUT2D eigenvalue weighted by atomic mass is 10.2. The van der Waals surface area contributed by atoms with Crippen LogP contribution in [0.4, 0.5) is 0 Å². The van der Waals surface area contributed by atoms with E-state index in [2.05, 4.69) is 17.7 Å². The molecule has 2 N–H and O–H groups in total. The molecule has 84 valence electrons. The van der Waals surface area contributed by atoms with Crippen molar-refractivity contribution in [2.24, 2.45) is 0 Å². The predicted octanol–water partition coefficient (Wildman–Crippen LogP) is 0.0687. The molecule has 0 aliphatic rings. The molecule has 0 aromatic rings. The van der Waals surface area contributed by atoms with Gasteiger partial charge in [0.2, 0.25) is 0 Å². The minimum atomic E-state index is -0.165. The fourth-order valence-electron chi connectivity index (χ4n) is 0.704. The van der Waals surface area contributed by atoms with Crippen molar-refractivity contribution >= 4 is 5.91 Å². The molecule has 0 aliphatic heterocycles. The van der Waals surface area contributed by atoms with Crippen molar-refractivity contribution in [3.8, 4) is 0 Å². The van der Waals surface area contributed by atoms with Gasteiger partial charge in [-0.25, -0.2) is 5.48 Å². The molecular weight excluding hydrogens is 184 g/mol. The SMILES string of the molecule is CCC(C)NCC(=O)NOCCOC. The number of rotatable bonds is 8. The van der Waals surface area contributed by atoms with Crippen LogP contribution < -0.4 is 10.8 Å². The van der Waals surface area contributed by atoms with Gasteiger partial charge in [-0.15, -0.1) is 0 Å². The topological polar surface area (TPSA) is 59.6 Å². The second-order valence-electron chi connectivity index (χ2n) is 3.06. The Hall–Kier alpha value is -0.650. The largest absolute Gasteiger partial charge is 0.382 e. The van der Waals surface area contributed by atoms with E-state index in [1.807, 2.05) is 6.92 Å². The summed E-state index contributed by atoms with van der Waals surface area (Å²) in [6.45, 7) is 5.20. The van der Waals surface area contributed by atoms with Crippen LogP contribution in [0.15, 0.2) is 0 Å². The lowest BCUT2D eigenvalue weighted by Crippen LogP contribution is -2.38. The van der Waals surface area contributed by atoms with Crippen molar-refractivity contribution in [2.45, 2.75) is 26.3 Å². The molecular formula is C9H20N2O3. The Bertz CT molecular complexity index is 153. The molecule has 0 aromatic carbocycles. The summed E-state index contributed by atoms with van der Waals surface area (Å²) < 4.78 is 4.75. The van der Waals surface area contributed by atoms with Gasteiger partial charge in [0.05, 0.1) is 19.8 Å². The highest BCUT2D eigenvalue weighted by Gasteiger charge is 2.02. The average Bonchev–Trinajstić information content (AvgIpc) is 2.21. The van der Waals surface area contributed by atoms with E-state index in [0.717, 1.165) is 6.42 Å². The lowest BCUT2D eigenvalue weighted by molar-refractivity contribution is -0.133. The summed E-state index contributed by atoms with van der Waals surface area (Å²) in [6.07, 6.45) is 0.998. The molecule has 14 heavy (non-hydrogen) atoms. The van der Waals surface area contributed by atoms with E-state index in [-0.39, 0.29) is 12.5 Å². The summed E-state index contributed by atoms with van der Waals surface area (Å²) in [5, 5.41) is 3.05. The third-order valence-corrected chi connectivity index (χ3v) is 1.80. The smallest absolute Gasteiger partial charge is 0.257 e. The first-order valence-electron chi connectivity index (χ1n) is 4.83. The number of carbonyl (C=O) groups is 1. The number of amides is 1. The number of hydrogen-bond donors (Lipinski definition) is 2. The fraction of sp³-hybridized carbons (Fsp3) is 0.889. The molecule has 0 saturated carbocycles. The second-order valence-corrected chi connectivity index (χ2v) is 3.06. The zero-order valence-electron chi connectivity index (χ0n) is 9.13. The Morgan fingerprint density at radius 3 is 2.71 bits per heavy atom. The van der Waals surface area contributed by atoms with Gasteiger partial charge in [0.15, 0.2) is 0 Å². The quantitative estimate of drug-likeness (QED) is 0.434. The molecule has 0 fully saturated rings. The fourth-order valence-corrected chi connectivity index (χ4v) is 0.704. The van der Waals surface area contributed by atoms with E-state index < -0.39 is 0 Å². The van der Waals surface area contributed by atoms with Crippen LogP contribution in [0.2, 0.25) is 0 Å². The van der Waals surface area contributed by atoms with Crippen LogP contribution in [-0.2, 0) is 14.4 Å². The van der Waals surface area contributed by atoms with Crippen LogP contribution in [0, 0.1) is 0 Å². The lowest BCUT2D eigenvalue weighted by Gasteiger charge is -2.10. The third-order valence-electron chi connectivity index (χ3n) is 1.80. The predicted molar refractivity (Wildman–Crippen MR) is 53.7 cm³/mol. The Morgan fingerprint density at radius 1 is 1.43 bits per heavy atom. The van der Waals surface area contributed by atoms with Crippen LogP contribution in [0.5, 0.6) is 0 Å². The highest BCUT2D eigenvalue weighted by molar-refractivity contribution is 5.76. The van der Waals surface area contributed by atoms with E-state index in [4.69, 9.17) is 9.57 Å². The van der Waals surface area contributed by atoms with E-state index in [1.54, 1.807) is 7.11 Å². The third kappa shape index (κ3) is 7.97. The molecule has 0 radical (unpaired) electrons.